The molecule has 0 bridgehead atoms. The number of sulfonamides is 1. The second-order valence-corrected chi connectivity index (χ2v) is 12.5. The average Bonchev–Trinajstić information content (AvgIpc) is 2.97. The fraction of sp³-hybridized carbons (Fsp3) is 0.400. The summed E-state index contributed by atoms with van der Waals surface area (Å²) in [6.07, 6.45) is 4.03. The van der Waals surface area contributed by atoms with Crippen molar-refractivity contribution >= 4 is 49.2 Å². The van der Waals surface area contributed by atoms with Gasteiger partial charge >= 0.3 is 0 Å². The molecule has 10 heteroatoms. The number of nitrogens with two attached hydrogens (primary N) is 1. The van der Waals surface area contributed by atoms with Gasteiger partial charge in [-0.2, -0.15) is 4.98 Å². The van der Waals surface area contributed by atoms with Gasteiger partial charge in [-0.1, -0.05) is 36.4 Å². The molecule has 1 aliphatic carbocycles. The number of para-hydroxylation sites is 1. The van der Waals surface area contributed by atoms with Crippen LogP contribution in [0.25, 0.3) is 21.7 Å². The van der Waals surface area contributed by atoms with Crippen LogP contribution in [0.15, 0.2) is 65.6 Å². The van der Waals surface area contributed by atoms with E-state index in [0.717, 1.165) is 65.4 Å². The fourth-order valence-corrected chi connectivity index (χ4v) is 6.89. The lowest BCUT2D eigenvalue weighted by Gasteiger charge is -2.28. The van der Waals surface area contributed by atoms with Crippen molar-refractivity contribution in [2.45, 2.75) is 30.6 Å². The highest BCUT2D eigenvalue weighted by molar-refractivity contribution is 7.89. The van der Waals surface area contributed by atoms with Crippen LogP contribution in [-0.2, 0) is 10.0 Å². The van der Waals surface area contributed by atoms with Gasteiger partial charge in [0.25, 0.3) is 0 Å². The molecule has 1 saturated carbocycles. The summed E-state index contributed by atoms with van der Waals surface area (Å²) in [7, 11) is 0.302. The molecule has 0 unspecified atom stereocenters. The van der Waals surface area contributed by atoms with Gasteiger partial charge in [0.05, 0.1) is 10.4 Å². The van der Waals surface area contributed by atoms with Crippen LogP contribution in [0.4, 0.5) is 17.5 Å². The van der Waals surface area contributed by atoms with E-state index >= 15 is 0 Å². The van der Waals surface area contributed by atoms with Crippen LogP contribution < -0.4 is 26.0 Å². The molecular weight excluding hydrogens is 522 g/mol. The van der Waals surface area contributed by atoms with Crippen LogP contribution in [0.3, 0.4) is 0 Å². The first-order valence-electron chi connectivity index (χ1n) is 14.0. The number of benzene rings is 3. The Bertz CT molecular complexity index is 1570. The van der Waals surface area contributed by atoms with E-state index in [2.05, 4.69) is 15.4 Å². The number of nitrogens with zero attached hydrogens (tertiary/aromatic N) is 3. The minimum Gasteiger partial charge on any atom is -0.377 e. The van der Waals surface area contributed by atoms with Crippen molar-refractivity contribution in [2.24, 2.45) is 17.6 Å². The van der Waals surface area contributed by atoms with Crippen molar-refractivity contribution < 1.29 is 8.42 Å². The smallest absolute Gasteiger partial charge is 0.241 e. The van der Waals surface area contributed by atoms with Gasteiger partial charge in [0.15, 0.2) is 0 Å². The van der Waals surface area contributed by atoms with E-state index in [1.165, 1.54) is 0 Å². The molecule has 0 amide bonds. The highest BCUT2D eigenvalue weighted by Gasteiger charge is 2.24. The molecule has 0 saturated heterocycles. The minimum atomic E-state index is -3.63. The predicted octanol–water partition coefficient (Wildman–Crippen LogP) is 4.42. The zero-order chi connectivity index (χ0) is 28.1. The fourth-order valence-electron chi connectivity index (χ4n) is 5.55. The van der Waals surface area contributed by atoms with Gasteiger partial charge in [-0.3, -0.25) is 0 Å². The monoisotopic (exact) mass is 561 g/mol. The number of fused-ring (bicyclic) bond motifs is 2. The Hall–Kier alpha value is -3.47. The van der Waals surface area contributed by atoms with E-state index in [4.69, 9.17) is 15.7 Å². The summed E-state index contributed by atoms with van der Waals surface area (Å²) in [6, 6.07) is 19.2. The first kappa shape index (κ1) is 28.1. The van der Waals surface area contributed by atoms with Gasteiger partial charge < -0.3 is 21.3 Å². The molecule has 1 fully saturated rings. The van der Waals surface area contributed by atoms with E-state index in [9.17, 15) is 8.42 Å². The maximum Gasteiger partial charge on any atom is 0.241 e. The van der Waals surface area contributed by atoms with Crippen LogP contribution in [0.1, 0.15) is 25.7 Å². The molecule has 3 aromatic carbocycles. The Morgan fingerprint density at radius 1 is 0.825 bits per heavy atom. The van der Waals surface area contributed by atoms with E-state index in [-0.39, 0.29) is 0 Å². The van der Waals surface area contributed by atoms with Crippen molar-refractivity contribution in [2.75, 3.05) is 55.8 Å². The Morgan fingerprint density at radius 3 is 2.25 bits per heavy atom. The number of anilines is 3. The lowest BCUT2D eigenvalue weighted by Crippen LogP contribution is -2.32. The number of rotatable bonds is 11. The molecule has 1 heterocycles. The predicted molar refractivity (Wildman–Crippen MR) is 164 cm³/mol. The Balaban J connectivity index is 1.16. The number of nitrogens with one attached hydrogen (secondary N) is 3. The average molecular weight is 562 g/mol. The third kappa shape index (κ3) is 6.29. The van der Waals surface area contributed by atoms with E-state index in [1.54, 1.807) is 6.07 Å². The maximum atomic E-state index is 13.3. The standard InChI is InChI=1S/C30H39N7O2S/c1-37(2)27-11-5-9-24-23(27)8-6-12-28(24)40(38,39)34-20-22-15-13-21(14-16-22)19-33-30-35-26-10-4-3-7-25(26)29(36-30)32-18-17-31/h3-12,21-22,34H,13-20,31H2,1-2H3,(H2,32,33,35,36). The van der Waals surface area contributed by atoms with Crippen molar-refractivity contribution in [3.05, 3.63) is 60.7 Å². The van der Waals surface area contributed by atoms with Gasteiger partial charge in [-0.25, -0.2) is 18.1 Å². The molecule has 9 nitrogen and oxygen atoms in total. The van der Waals surface area contributed by atoms with Crippen LogP contribution >= 0.6 is 0 Å². The second-order valence-electron chi connectivity index (χ2n) is 10.8. The molecule has 40 heavy (non-hydrogen) atoms. The molecule has 1 aromatic heterocycles. The van der Waals surface area contributed by atoms with Gasteiger partial charge in [-0.15, -0.1) is 0 Å². The van der Waals surface area contributed by atoms with Gasteiger partial charge in [0.1, 0.15) is 5.82 Å². The third-order valence-electron chi connectivity index (χ3n) is 7.75. The lowest BCUT2D eigenvalue weighted by molar-refractivity contribution is 0.284. The van der Waals surface area contributed by atoms with E-state index in [1.807, 2.05) is 73.6 Å². The summed E-state index contributed by atoms with van der Waals surface area (Å²) < 4.78 is 29.5. The molecule has 0 spiro atoms. The number of aromatic nitrogens is 2. The Labute approximate surface area is 236 Å². The Morgan fingerprint density at radius 2 is 1.50 bits per heavy atom. The molecule has 1 aliphatic rings. The first-order chi connectivity index (χ1) is 19.4. The highest BCUT2D eigenvalue weighted by Crippen LogP contribution is 2.32. The van der Waals surface area contributed by atoms with Crippen molar-refractivity contribution in [1.29, 1.82) is 0 Å². The third-order valence-corrected chi connectivity index (χ3v) is 9.23. The lowest BCUT2D eigenvalue weighted by atomic mass is 9.82. The number of hydrogen-bond donors (Lipinski definition) is 4. The quantitative estimate of drug-likeness (QED) is 0.212. The SMILES string of the molecule is CN(C)c1cccc2c(S(=O)(=O)NCC3CCC(CNc4nc(NCCN)c5ccccc5n4)CC3)cccc12. The van der Waals surface area contributed by atoms with Gasteiger partial charge in [-0.05, 0) is 61.8 Å². The van der Waals surface area contributed by atoms with Crippen LogP contribution in [0, 0.1) is 11.8 Å². The van der Waals surface area contributed by atoms with Crippen molar-refractivity contribution in [1.82, 2.24) is 14.7 Å². The van der Waals surface area contributed by atoms with E-state index < -0.39 is 10.0 Å². The van der Waals surface area contributed by atoms with Gasteiger partial charge in [0, 0.05) is 62.1 Å². The molecule has 0 aliphatic heterocycles. The van der Waals surface area contributed by atoms with E-state index in [0.29, 0.717) is 42.3 Å². The summed E-state index contributed by atoms with van der Waals surface area (Å²) in [6.45, 7) is 2.42. The number of hydrogen-bond acceptors (Lipinski definition) is 8. The van der Waals surface area contributed by atoms with Crippen molar-refractivity contribution in [3.63, 3.8) is 0 Å². The summed E-state index contributed by atoms with van der Waals surface area (Å²) >= 11 is 0. The first-order valence-corrected chi connectivity index (χ1v) is 15.5. The highest BCUT2D eigenvalue weighted by atomic mass is 32.2. The second kappa shape index (κ2) is 12.4. The summed E-state index contributed by atoms with van der Waals surface area (Å²) in [5, 5.41) is 9.39. The minimum absolute atomic E-state index is 0.322. The zero-order valence-electron chi connectivity index (χ0n) is 23.2. The summed E-state index contributed by atoms with van der Waals surface area (Å²) in [5.41, 5.74) is 7.56. The zero-order valence-corrected chi connectivity index (χ0v) is 24.0. The Kier molecular flexibility index (Phi) is 8.68. The van der Waals surface area contributed by atoms with Gasteiger partial charge in [0.2, 0.25) is 16.0 Å². The van der Waals surface area contributed by atoms with Crippen LogP contribution in [0.2, 0.25) is 0 Å². The molecule has 0 radical (unpaired) electrons. The largest absolute Gasteiger partial charge is 0.377 e. The summed E-state index contributed by atoms with van der Waals surface area (Å²) in [5.74, 6) is 2.22. The molecule has 5 rings (SSSR count). The molecule has 212 valence electrons. The van der Waals surface area contributed by atoms with Crippen LogP contribution in [0.5, 0.6) is 0 Å². The normalized spacial score (nSPS) is 17.7. The molecule has 0 atom stereocenters. The summed E-state index contributed by atoms with van der Waals surface area (Å²) in [4.78, 5) is 11.7. The van der Waals surface area contributed by atoms with Crippen LogP contribution in [-0.4, -0.2) is 58.7 Å². The topological polar surface area (TPSA) is 125 Å². The molecular formula is C30H39N7O2S. The maximum absolute atomic E-state index is 13.3. The molecule has 5 N–H and O–H groups in total. The molecule has 4 aromatic rings. The van der Waals surface area contributed by atoms with Crippen molar-refractivity contribution in [3.8, 4) is 0 Å².